The Bertz CT molecular complexity index is 1310. The van der Waals surface area contributed by atoms with Gasteiger partial charge in [-0.1, -0.05) is 47.5 Å². The van der Waals surface area contributed by atoms with Crippen molar-refractivity contribution in [2.24, 2.45) is 0 Å². The first-order chi connectivity index (χ1) is 15.7. The summed E-state index contributed by atoms with van der Waals surface area (Å²) in [5.74, 6) is -0.901. The maximum absolute atomic E-state index is 13.7. The Hall–Kier alpha value is -3.58. The first kappa shape index (κ1) is 22.6. The van der Waals surface area contributed by atoms with Crippen LogP contribution in [0.4, 0.5) is 5.69 Å². The summed E-state index contributed by atoms with van der Waals surface area (Å²) in [6.45, 7) is 6.14. The number of hydrogen-bond acceptors (Lipinski definition) is 5. The average molecular weight is 464 g/mol. The maximum Gasteiger partial charge on any atom is 0.295 e. The number of carbonyl (C=O) groups is 1. The predicted octanol–water partition coefficient (Wildman–Crippen LogP) is 5.03. The van der Waals surface area contributed by atoms with E-state index in [1.54, 1.807) is 48.5 Å². The molecule has 0 spiro atoms. The van der Waals surface area contributed by atoms with Crippen LogP contribution in [0, 0.1) is 13.8 Å². The summed E-state index contributed by atoms with van der Waals surface area (Å²) in [6.07, 6.45) is 0. The van der Waals surface area contributed by atoms with Gasteiger partial charge >= 0.3 is 0 Å². The van der Waals surface area contributed by atoms with Crippen LogP contribution in [0.1, 0.15) is 29.7 Å². The minimum atomic E-state index is -4.17. The van der Waals surface area contributed by atoms with Crippen molar-refractivity contribution in [1.82, 2.24) is 0 Å². The Balaban J connectivity index is 1.90. The molecule has 170 valence electrons. The lowest BCUT2D eigenvalue weighted by Gasteiger charge is -2.27. The Morgan fingerprint density at radius 1 is 0.879 bits per heavy atom. The van der Waals surface area contributed by atoms with Crippen molar-refractivity contribution in [3.05, 3.63) is 100 Å². The van der Waals surface area contributed by atoms with Crippen molar-refractivity contribution >= 4 is 21.4 Å². The normalized spacial score (nSPS) is 16.4. The fraction of sp³-hybridized carbons (Fsp3) is 0.192. The fourth-order valence-corrected chi connectivity index (χ4v) is 5.51. The van der Waals surface area contributed by atoms with Crippen molar-refractivity contribution in [3.63, 3.8) is 0 Å². The summed E-state index contributed by atoms with van der Waals surface area (Å²) in [6, 6.07) is 19.3. The third kappa shape index (κ3) is 4.12. The van der Waals surface area contributed by atoms with Crippen molar-refractivity contribution < 1.29 is 23.1 Å². The van der Waals surface area contributed by atoms with Gasteiger partial charge in [0.2, 0.25) is 9.84 Å². The lowest BCUT2D eigenvalue weighted by atomic mass is 10.1. The number of anilines is 1. The van der Waals surface area contributed by atoms with Gasteiger partial charge in [-0.2, -0.15) is 0 Å². The van der Waals surface area contributed by atoms with Gasteiger partial charge in [0.15, 0.2) is 5.76 Å². The van der Waals surface area contributed by atoms with Crippen LogP contribution < -0.4 is 9.64 Å². The summed E-state index contributed by atoms with van der Waals surface area (Å²) in [5, 5.41) is 10.9. The van der Waals surface area contributed by atoms with Gasteiger partial charge in [-0.25, -0.2) is 8.42 Å². The molecule has 4 rings (SSSR count). The zero-order valence-electron chi connectivity index (χ0n) is 18.6. The molecule has 0 saturated heterocycles. The number of nitrogens with zero attached hydrogens (tertiary/aromatic N) is 1. The quantitative estimate of drug-likeness (QED) is 0.554. The molecule has 3 aromatic rings. The number of aliphatic hydroxyl groups excluding tert-OH is 1. The van der Waals surface area contributed by atoms with E-state index in [0.717, 1.165) is 11.1 Å². The van der Waals surface area contributed by atoms with Gasteiger partial charge < -0.3 is 9.84 Å². The van der Waals surface area contributed by atoms with E-state index in [4.69, 9.17) is 4.74 Å². The third-order valence-corrected chi connectivity index (χ3v) is 7.49. The summed E-state index contributed by atoms with van der Waals surface area (Å²) < 4.78 is 32.8. The number of aryl methyl sites for hydroxylation is 2. The van der Waals surface area contributed by atoms with Crippen LogP contribution in [0.2, 0.25) is 0 Å². The molecule has 33 heavy (non-hydrogen) atoms. The molecule has 1 amide bonds. The van der Waals surface area contributed by atoms with Gasteiger partial charge in [-0.15, -0.1) is 0 Å². The molecule has 1 aliphatic rings. The molecule has 0 fully saturated rings. The van der Waals surface area contributed by atoms with Crippen molar-refractivity contribution in [2.45, 2.75) is 31.7 Å². The average Bonchev–Trinajstić information content (AvgIpc) is 3.07. The zero-order valence-corrected chi connectivity index (χ0v) is 19.5. The van der Waals surface area contributed by atoms with E-state index in [1.165, 1.54) is 17.0 Å². The molecular weight excluding hydrogens is 438 g/mol. The van der Waals surface area contributed by atoms with Gasteiger partial charge in [-0.3, -0.25) is 9.69 Å². The number of carbonyl (C=O) groups excluding carboxylic acids is 1. The Labute approximate surface area is 193 Å². The largest absolute Gasteiger partial charge is 0.502 e. The van der Waals surface area contributed by atoms with Gasteiger partial charge in [0, 0.05) is 5.69 Å². The summed E-state index contributed by atoms with van der Waals surface area (Å²) in [5.41, 5.74) is 2.93. The first-order valence-corrected chi connectivity index (χ1v) is 12.1. The zero-order chi connectivity index (χ0) is 23.8. The standard InChI is InChI=1S/C26H25NO5S/c1-4-32-21-13-9-19(10-14-21)23-25(33(30,31)22-15-7-18(3)8-16-22)24(28)26(29)27(23)20-11-5-17(2)6-12-20/h5-16,23,28H,4H2,1-3H3/t23-/m1/s1. The SMILES string of the molecule is CCOc1ccc([C@@H]2C(S(=O)(=O)c3ccc(C)cc3)=C(O)C(=O)N2c2ccc(C)cc2)cc1. The molecule has 0 radical (unpaired) electrons. The highest BCUT2D eigenvalue weighted by Crippen LogP contribution is 2.45. The van der Waals surface area contributed by atoms with E-state index in [-0.39, 0.29) is 9.80 Å². The molecule has 0 aromatic heterocycles. The van der Waals surface area contributed by atoms with Crippen LogP contribution in [0.15, 0.2) is 88.4 Å². The highest BCUT2D eigenvalue weighted by molar-refractivity contribution is 7.95. The summed E-state index contributed by atoms with van der Waals surface area (Å²) in [7, 11) is -4.17. The second-order valence-corrected chi connectivity index (χ2v) is 9.86. The minimum Gasteiger partial charge on any atom is -0.502 e. The van der Waals surface area contributed by atoms with Gasteiger partial charge in [0.25, 0.3) is 5.91 Å². The monoisotopic (exact) mass is 463 g/mol. The number of ether oxygens (including phenoxy) is 1. The number of benzene rings is 3. The van der Waals surface area contributed by atoms with Crippen LogP contribution in [-0.2, 0) is 14.6 Å². The second-order valence-electron chi connectivity index (χ2n) is 7.94. The number of aliphatic hydroxyl groups is 1. The molecule has 6 nitrogen and oxygen atoms in total. The van der Waals surface area contributed by atoms with E-state index in [2.05, 4.69) is 0 Å². The van der Waals surface area contributed by atoms with Crippen molar-refractivity contribution in [2.75, 3.05) is 11.5 Å². The van der Waals surface area contributed by atoms with Gasteiger partial charge in [0.05, 0.1) is 11.5 Å². The molecule has 1 N–H and O–H groups in total. The highest BCUT2D eigenvalue weighted by Gasteiger charge is 2.47. The lowest BCUT2D eigenvalue weighted by molar-refractivity contribution is -0.117. The molecule has 1 aliphatic heterocycles. The minimum absolute atomic E-state index is 0.0177. The number of hydrogen-bond donors (Lipinski definition) is 1. The third-order valence-electron chi connectivity index (χ3n) is 5.60. The molecule has 3 aromatic carbocycles. The Morgan fingerprint density at radius 2 is 1.42 bits per heavy atom. The summed E-state index contributed by atoms with van der Waals surface area (Å²) >= 11 is 0. The van der Waals surface area contributed by atoms with Crippen LogP contribution in [0.3, 0.4) is 0 Å². The van der Waals surface area contributed by atoms with Crippen LogP contribution >= 0.6 is 0 Å². The molecule has 7 heteroatoms. The van der Waals surface area contributed by atoms with Gasteiger partial charge in [0.1, 0.15) is 16.7 Å². The van der Waals surface area contributed by atoms with E-state index in [9.17, 15) is 18.3 Å². The van der Waals surface area contributed by atoms with E-state index in [0.29, 0.717) is 23.6 Å². The Kier molecular flexibility index (Phi) is 5.99. The highest BCUT2D eigenvalue weighted by atomic mass is 32.2. The smallest absolute Gasteiger partial charge is 0.295 e. The van der Waals surface area contributed by atoms with Crippen molar-refractivity contribution in [1.29, 1.82) is 0 Å². The number of amides is 1. The van der Waals surface area contributed by atoms with Crippen LogP contribution in [0.25, 0.3) is 0 Å². The Morgan fingerprint density at radius 3 is 1.97 bits per heavy atom. The van der Waals surface area contributed by atoms with Crippen LogP contribution in [0.5, 0.6) is 5.75 Å². The molecule has 1 heterocycles. The number of sulfone groups is 1. The van der Waals surface area contributed by atoms with Gasteiger partial charge in [-0.05, 0) is 62.7 Å². The lowest BCUT2D eigenvalue weighted by Crippen LogP contribution is -2.31. The van der Waals surface area contributed by atoms with E-state index >= 15 is 0 Å². The molecule has 0 aliphatic carbocycles. The van der Waals surface area contributed by atoms with Crippen LogP contribution in [-0.4, -0.2) is 26.0 Å². The van der Waals surface area contributed by atoms with E-state index < -0.39 is 27.5 Å². The first-order valence-electron chi connectivity index (χ1n) is 10.6. The number of rotatable bonds is 6. The molecule has 0 unspecified atom stereocenters. The summed E-state index contributed by atoms with van der Waals surface area (Å²) in [4.78, 5) is 14.2. The predicted molar refractivity (Wildman–Crippen MR) is 127 cm³/mol. The second kappa shape index (κ2) is 8.75. The van der Waals surface area contributed by atoms with Crippen molar-refractivity contribution in [3.8, 4) is 5.75 Å². The topological polar surface area (TPSA) is 83.9 Å². The molecular formula is C26H25NO5S. The molecule has 0 bridgehead atoms. The molecule has 0 saturated carbocycles. The fourth-order valence-electron chi connectivity index (χ4n) is 3.89. The maximum atomic E-state index is 13.7. The molecule has 1 atom stereocenters. The van der Waals surface area contributed by atoms with E-state index in [1.807, 2.05) is 32.9 Å².